The van der Waals surface area contributed by atoms with Gasteiger partial charge >= 0.3 is 0 Å². The van der Waals surface area contributed by atoms with E-state index in [1.807, 2.05) is 27.7 Å². The molecule has 0 atom stereocenters. The maximum absolute atomic E-state index is 12.0. The third-order valence-electron chi connectivity index (χ3n) is 3.17. The van der Waals surface area contributed by atoms with E-state index in [2.05, 4.69) is 38.5 Å². The highest BCUT2D eigenvalue weighted by Gasteiger charge is 2.26. The average molecular weight is 452 g/mol. The molecule has 0 saturated carbocycles. The van der Waals surface area contributed by atoms with E-state index in [0.29, 0.717) is 13.1 Å². The molecule has 132 valence electrons. The zero-order chi connectivity index (χ0) is 16.4. The minimum atomic E-state index is -0.508. The maximum atomic E-state index is 12.0. The maximum Gasteiger partial charge on any atom is 0.227 e. The molecule has 0 aliphatic carbocycles. The van der Waals surface area contributed by atoms with E-state index in [4.69, 9.17) is 0 Å². The summed E-state index contributed by atoms with van der Waals surface area (Å²) in [7, 11) is 0. The van der Waals surface area contributed by atoms with Gasteiger partial charge in [-0.1, -0.05) is 6.07 Å². The number of carbonyl (C=O) groups excluding carboxylic acids is 1. The van der Waals surface area contributed by atoms with Crippen LogP contribution in [0.4, 0.5) is 0 Å². The lowest BCUT2D eigenvalue weighted by Gasteiger charge is -2.22. The highest BCUT2D eigenvalue weighted by atomic mass is 127. The van der Waals surface area contributed by atoms with Crippen LogP contribution in [-0.2, 0) is 11.2 Å². The molecule has 5 nitrogen and oxygen atoms in total. The molecule has 1 aromatic rings. The number of nitrogens with one attached hydrogen (secondary N) is 3. The summed E-state index contributed by atoms with van der Waals surface area (Å²) in [5.74, 6) is 0.796. The van der Waals surface area contributed by atoms with Gasteiger partial charge in [0.1, 0.15) is 0 Å². The minimum absolute atomic E-state index is 0. The normalized spacial score (nSPS) is 11.6. The van der Waals surface area contributed by atoms with Gasteiger partial charge in [-0.2, -0.15) is 0 Å². The van der Waals surface area contributed by atoms with E-state index >= 15 is 0 Å². The number of nitrogens with zero attached hydrogens (tertiary/aromatic N) is 1. The van der Waals surface area contributed by atoms with Gasteiger partial charge < -0.3 is 16.0 Å². The summed E-state index contributed by atoms with van der Waals surface area (Å²) in [4.78, 5) is 17.9. The van der Waals surface area contributed by atoms with Crippen LogP contribution >= 0.6 is 35.3 Å². The number of hydrogen-bond donors (Lipinski definition) is 3. The molecule has 0 aliphatic heterocycles. The largest absolute Gasteiger partial charge is 0.357 e. The van der Waals surface area contributed by atoms with Gasteiger partial charge in [-0.05, 0) is 45.6 Å². The predicted octanol–water partition coefficient (Wildman–Crippen LogP) is 2.63. The molecule has 1 aromatic heterocycles. The van der Waals surface area contributed by atoms with Crippen LogP contribution in [0.5, 0.6) is 0 Å². The summed E-state index contributed by atoms with van der Waals surface area (Å²) in [5, 5.41) is 11.5. The van der Waals surface area contributed by atoms with Crippen LogP contribution in [0.1, 0.15) is 32.6 Å². The summed E-state index contributed by atoms with van der Waals surface area (Å²) >= 11 is 1.76. The van der Waals surface area contributed by atoms with Crippen LogP contribution in [0.2, 0.25) is 0 Å². The first-order valence-electron chi connectivity index (χ1n) is 7.82. The van der Waals surface area contributed by atoms with Crippen molar-refractivity contribution in [3.63, 3.8) is 0 Å². The number of carbonyl (C=O) groups is 1. The van der Waals surface area contributed by atoms with Gasteiger partial charge in [0.2, 0.25) is 5.91 Å². The first kappa shape index (κ1) is 22.2. The van der Waals surface area contributed by atoms with Crippen molar-refractivity contribution >= 4 is 47.2 Å². The molecule has 1 rings (SSSR count). The van der Waals surface area contributed by atoms with E-state index in [-0.39, 0.29) is 29.9 Å². The second kappa shape index (κ2) is 11.7. The average Bonchev–Trinajstić information content (AvgIpc) is 2.98. The Balaban J connectivity index is 0.00000484. The Kier molecular flexibility index (Phi) is 11.2. The van der Waals surface area contributed by atoms with E-state index < -0.39 is 5.41 Å². The monoisotopic (exact) mass is 452 g/mol. The van der Waals surface area contributed by atoms with Gasteiger partial charge in [-0.15, -0.1) is 35.3 Å². The Bertz CT molecular complexity index is 474. The smallest absolute Gasteiger partial charge is 0.227 e. The lowest BCUT2D eigenvalue weighted by atomic mass is 9.92. The Hall–Kier alpha value is -0.830. The Morgan fingerprint density at radius 2 is 1.91 bits per heavy atom. The molecule has 0 aromatic carbocycles. The molecule has 7 heteroatoms. The Labute approximate surface area is 160 Å². The van der Waals surface area contributed by atoms with Crippen molar-refractivity contribution in [3.05, 3.63) is 22.4 Å². The highest BCUT2D eigenvalue weighted by Crippen LogP contribution is 2.15. The lowest BCUT2D eigenvalue weighted by molar-refractivity contribution is -0.128. The summed E-state index contributed by atoms with van der Waals surface area (Å²) in [6.07, 6.45) is 0.974. The molecule has 23 heavy (non-hydrogen) atoms. The van der Waals surface area contributed by atoms with Crippen molar-refractivity contribution in [1.29, 1.82) is 0 Å². The van der Waals surface area contributed by atoms with E-state index in [1.54, 1.807) is 11.3 Å². The molecule has 1 heterocycles. The number of halogens is 1. The third kappa shape index (κ3) is 8.55. The van der Waals surface area contributed by atoms with E-state index in [0.717, 1.165) is 25.5 Å². The van der Waals surface area contributed by atoms with Crippen LogP contribution in [0, 0.1) is 5.41 Å². The van der Waals surface area contributed by atoms with E-state index in [1.165, 1.54) is 4.88 Å². The van der Waals surface area contributed by atoms with Crippen molar-refractivity contribution in [3.8, 4) is 0 Å². The van der Waals surface area contributed by atoms with Crippen molar-refractivity contribution in [2.45, 2.75) is 34.1 Å². The molecule has 0 saturated heterocycles. The SMILES string of the molecule is CCNC(=O)C(C)(C)CN=C(NCC)NCCc1cccs1.I. The Morgan fingerprint density at radius 1 is 1.22 bits per heavy atom. The predicted molar refractivity (Wildman–Crippen MR) is 110 cm³/mol. The number of thiophene rings is 1. The molecular weight excluding hydrogens is 423 g/mol. The molecule has 0 unspecified atom stereocenters. The molecule has 0 aliphatic rings. The molecule has 0 spiro atoms. The van der Waals surface area contributed by atoms with Crippen molar-refractivity contribution < 1.29 is 4.79 Å². The highest BCUT2D eigenvalue weighted by molar-refractivity contribution is 14.0. The number of guanidine groups is 1. The van der Waals surface area contributed by atoms with Gasteiger partial charge in [0.25, 0.3) is 0 Å². The van der Waals surface area contributed by atoms with Gasteiger partial charge in [-0.3, -0.25) is 9.79 Å². The zero-order valence-corrected chi connectivity index (χ0v) is 17.6. The van der Waals surface area contributed by atoms with Gasteiger partial charge in [-0.25, -0.2) is 0 Å². The van der Waals surface area contributed by atoms with Crippen LogP contribution in [0.3, 0.4) is 0 Å². The van der Waals surface area contributed by atoms with Gasteiger partial charge in [0.05, 0.1) is 12.0 Å². The topological polar surface area (TPSA) is 65.5 Å². The second-order valence-corrected chi connectivity index (χ2v) is 6.73. The van der Waals surface area contributed by atoms with Crippen molar-refractivity contribution in [1.82, 2.24) is 16.0 Å². The number of hydrogen-bond acceptors (Lipinski definition) is 3. The van der Waals surface area contributed by atoms with Crippen molar-refractivity contribution in [2.24, 2.45) is 10.4 Å². The molecular formula is C16H29IN4OS. The molecule has 0 bridgehead atoms. The standard InChI is InChI=1S/C16H28N4OS.HI/c1-5-17-14(21)16(3,4)12-20-15(18-6-2)19-10-9-13-8-7-11-22-13;/h7-8,11H,5-6,9-10,12H2,1-4H3,(H,17,21)(H2,18,19,20);1H. The fourth-order valence-corrected chi connectivity index (χ4v) is 2.56. The molecule has 0 radical (unpaired) electrons. The lowest BCUT2D eigenvalue weighted by Crippen LogP contribution is -2.42. The number of aliphatic imine (C=N–C) groups is 1. The second-order valence-electron chi connectivity index (χ2n) is 5.69. The van der Waals surface area contributed by atoms with Gasteiger partial charge in [0, 0.05) is 24.5 Å². The van der Waals surface area contributed by atoms with E-state index in [9.17, 15) is 4.79 Å². The van der Waals surface area contributed by atoms with Crippen LogP contribution in [0.15, 0.2) is 22.5 Å². The fraction of sp³-hybridized carbons (Fsp3) is 0.625. The summed E-state index contributed by atoms with van der Waals surface area (Å²) in [5.41, 5.74) is -0.508. The summed E-state index contributed by atoms with van der Waals surface area (Å²) < 4.78 is 0. The fourth-order valence-electron chi connectivity index (χ4n) is 1.85. The zero-order valence-electron chi connectivity index (χ0n) is 14.4. The molecule has 3 N–H and O–H groups in total. The number of amides is 1. The summed E-state index contributed by atoms with van der Waals surface area (Å²) in [6, 6.07) is 4.20. The first-order valence-corrected chi connectivity index (χ1v) is 8.70. The molecule has 1 amide bonds. The number of rotatable bonds is 8. The van der Waals surface area contributed by atoms with Crippen LogP contribution < -0.4 is 16.0 Å². The summed E-state index contributed by atoms with van der Waals surface area (Å²) in [6.45, 7) is 10.5. The Morgan fingerprint density at radius 3 is 2.48 bits per heavy atom. The minimum Gasteiger partial charge on any atom is -0.357 e. The third-order valence-corrected chi connectivity index (χ3v) is 4.11. The quantitative estimate of drug-likeness (QED) is 0.323. The molecule has 0 fully saturated rings. The van der Waals surface area contributed by atoms with Crippen LogP contribution in [0.25, 0.3) is 0 Å². The first-order chi connectivity index (χ1) is 10.5. The van der Waals surface area contributed by atoms with Gasteiger partial charge in [0.15, 0.2) is 5.96 Å². The van der Waals surface area contributed by atoms with Crippen molar-refractivity contribution in [2.75, 3.05) is 26.2 Å². The van der Waals surface area contributed by atoms with Crippen LogP contribution in [-0.4, -0.2) is 38.0 Å².